The van der Waals surface area contributed by atoms with Crippen LogP contribution in [0.3, 0.4) is 0 Å². The number of hydrogen-bond acceptors (Lipinski definition) is 5. The first-order chi connectivity index (χ1) is 6.43. The van der Waals surface area contributed by atoms with Crippen LogP contribution in [-0.2, 0) is 0 Å². The van der Waals surface area contributed by atoms with Crippen LogP contribution >= 0.6 is 0 Å². The second-order valence-corrected chi connectivity index (χ2v) is 2.67. The first-order valence-corrected chi connectivity index (χ1v) is 3.56. The minimum atomic E-state index is -0.911. The Labute approximate surface area is 106 Å². The molecule has 0 spiro atoms. The van der Waals surface area contributed by atoms with Gasteiger partial charge in [0.05, 0.1) is 9.85 Å². The molecule has 0 aliphatic heterocycles. The van der Waals surface area contributed by atoms with Crippen molar-refractivity contribution in [2.24, 2.45) is 0 Å². The monoisotopic (exact) mass is 222 g/mol. The number of nitro groups is 2. The topological polar surface area (TPSA) is 107 Å². The average Bonchev–Trinajstić information content (AvgIpc) is 2.07. The van der Waals surface area contributed by atoms with E-state index in [9.17, 15) is 25.3 Å². The summed E-state index contributed by atoms with van der Waals surface area (Å²) >= 11 is 0. The molecule has 0 atom stereocenters. The summed E-state index contributed by atoms with van der Waals surface area (Å²) in [6.45, 7) is 1.47. The van der Waals surface area contributed by atoms with Crippen LogP contribution in [0.5, 0.6) is 5.75 Å². The molecular weight excluding hydrogens is 215 g/mol. The fourth-order valence-corrected chi connectivity index (χ4v) is 1.02. The number of nitrogens with zero attached hydrogens (tertiary/aromatic N) is 2. The van der Waals surface area contributed by atoms with Gasteiger partial charge in [-0.2, -0.15) is 0 Å². The minimum absolute atomic E-state index is 0. The molecule has 1 aromatic rings. The summed E-state index contributed by atoms with van der Waals surface area (Å²) < 4.78 is 0. The summed E-state index contributed by atoms with van der Waals surface area (Å²) in [6, 6.07) is 2.14. The van der Waals surface area contributed by atoms with Crippen LogP contribution in [0, 0.1) is 27.2 Å². The predicted octanol–water partition coefficient (Wildman–Crippen LogP) is 0.869. The molecule has 0 radical (unpaired) electrons. The van der Waals surface area contributed by atoms with Gasteiger partial charge in [0.1, 0.15) is 0 Å². The first-order valence-electron chi connectivity index (χ1n) is 3.56. The quantitative estimate of drug-likeness (QED) is 0.453. The number of aryl methyl sites for hydroxylation is 1. The molecule has 1 N–H and O–H groups in total. The summed E-state index contributed by atoms with van der Waals surface area (Å²) in [7, 11) is 0. The van der Waals surface area contributed by atoms with Gasteiger partial charge >= 0.3 is 40.9 Å². The summed E-state index contributed by atoms with van der Waals surface area (Å²) in [5, 5.41) is 29.9. The van der Waals surface area contributed by atoms with Gasteiger partial charge in [0, 0.05) is 12.1 Å². The van der Waals surface area contributed by atoms with E-state index in [4.69, 9.17) is 0 Å². The summed E-state index contributed by atoms with van der Waals surface area (Å²) in [6.07, 6.45) is 0. The molecule has 0 bridgehead atoms. The summed E-state index contributed by atoms with van der Waals surface area (Å²) in [5.74, 6) is -0.911. The van der Waals surface area contributed by atoms with Crippen LogP contribution in [0.2, 0.25) is 0 Å². The summed E-state index contributed by atoms with van der Waals surface area (Å²) in [4.78, 5) is 19.0. The van der Waals surface area contributed by atoms with E-state index in [1.54, 1.807) is 0 Å². The number of benzene rings is 1. The number of phenols is 1. The Morgan fingerprint density at radius 2 is 1.47 bits per heavy atom. The van der Waals surface area contributed by atoms with Crippen molar-refractivity contribution in [2.75, 3.05) is 0 Å². The molecule has 0 fully saturated rings. The van der Waals surface area contributed by atoms with E-state index in [0.717, 1.165) is 12.1 Å². The number of nitro benzene ring substituents is 2. The number of aromatic hydroxyl groups is 1. The molecule has 1 rings (SSSR count). The van der Waals surface area contributed by atoms with E-state index >= 15 is 0 Å². The van der Waals surface area contributed by atoms with Gasteiger partial charge in [-0.3, -0.25) is 20.2 Å². The second kappa shape index (κ2) is 5.06. The Kier molecular flexibility index (Phi) is 4.66. The third-order valence-corrected chi connectivity index (χ3v) is 1.61. The molecule has 0 unspecified atom stereocenters. The maximum absolute atomic E-state index is 10.4. The zero-order valence-corrected chi connectivity index (χ0v) is 7.13. The Bertz CT molecular complexity index is 385. The van der Waals surface area contributed by atoms with Crippen molar-refractivity contribution >= 4 is 40.9 Å². The molecule has 0 saturated carbocycles. The van der Waals surface area contributed by atoms with E-state index in [1.165, 1.54) is 6.92 Å². The third kappa shape index (κ3) is 2.88. The van der Waals surface area contributed by atoms with Crippen molar-refractivity contribution in [2.45, 2.75) is 6.92 Å². The zero-order chi connectivity index (χ0) is 10.9. The van der Waals surface area contributed by atoms with Crippen molar-refractivity contribution in [1.82, 2.24) is 0 Å². The molecule has 0 aliphatic rings. The molecule has 0 saturated heterocycles. The van der Waals surface area contributed by atoms with Gasteiger partial charge < -0.3 is 5.11 Å². The molecule has 0 amide bonds. The fourth-order valence-electron chi connectivity index (χ4n) is 1.02. The molecule has 1 aromatic carbocycles. The summed E-state index contributed by atoms with van der Waals surface area (Å²) in [5.41, 5.74) is -0.963. The van der Waals surface area contributed by atoms with Crippen molar-refractivity contribution in [3.8, 4) is 5.75 Å². The van der Waals surface area contributed by atoms with Gasteiger partial charge in [-0.1, -0.05) is 0 Å². The van der Waals surface area contributed by atoms with Crippen LogP contribution in [0.4, 0.5) is 11.4 Å². The van der Waals surface area contributed by atoms with E-state index in [0.29, 0.717) is 5.56 Å². The molecule has 0 aliphatic carbocycles. The zero-order valence-electron chi connectivity index (χ0n) is 7.13. The van der Waals surface area contributed by atoms with Gasteiger partial charge in [-0.05, 0) is 12.5 Å². The van der Waals surface area contributed by atoms with Crippen LogP contribution < -0.4 is 0 Å². The molecule has 7 nitrogen and oxygen atoms in total. The maximum atomic E-state index is 10.4. The van der Waals surface area contributed by atoms with Crippen LogP contribution in [0.1, 0.15) is 5.56 Å². The number of rotatable bonds is 2. The van der Waals surface area contributed by atoms with Crippen molar-refractivity contribution in [3.05, 3.63) is 37.9 Å². The van der Waals surface area contributed by atoms with E-state index < -0.39 is 27.0 Å². The van der Waals surface area contributed by atoms with Crippen LogP contribution in [0.15, 0.2) is 12.1 Å². The van der Waals surface area contributed by atoms with Gasteiger partial charge in [-0.25, -0.2) is 0 Å². The standard InChI is InChI=1S/C7H6N2O5.Na.H/c1-4-2-5(8(11)12)7(10)6(3-4)9(13)14;;/h2-3,10H,1H3;;. The molecule has 8 heteroatoms. The van der Waals surface area contributed by atoms with Gasteiger partial charge in [-0.15, -0.1) is 0 Å². The Morgan fingerprint density at radius 1 is 1.13 bits per heavy atom. The molecule has 76 valence electrons. The number of hydrogen-bond donors (Lipinski definition) is 1. The SMILES string of the molecule is Cc1cc([N+](=O)[O-])c(O)c([N+](=O)[O-])c1.[NaH]. The average molecular weight is 222 g/mol. The second-order valence-electron chi connectivity index (χ2n) is 2.67. The van der Waals surface area contributed by atoms with E-state index in [2.05, 4.69) is 0 Å². The van der Waals surface area contributed by atoms with Crippen molar-refractivity contribution in [1.29, 1.82) is 0 Å². The van der Waals surface area contributed by atoms with Gasteiger partial charge in [0.2, 0.25) is 0 Å². The predicted molar refractivity (Wildman–Crippen MR) is 53.3 cm³/mol. The molecule has 15 heavy (non-hydrogen) atoms. The Morgan fingerprint density at radius 3 is 1.73 bits per heavy atom. The van der Waals surface area contributed by atoms with E-state index in [-0.39, 0.29) is 29.6 Å². The van der Waals surface area contributed by atoms with Crippen molar-refractivity contribution < 1.29 is 15.0 Å². The molecule has 0 aromatic heterocycles. The third-order valence-electron chi connectivity index (χ3n) is 1.61. The van der Waals surface area contributed by atoms with Crippen molar-refractivity contribution in [3.63, 3.8) is 0 Å². The first kappa shape index (κ1) is 13.8. The van der Waals surface area contributed by atoms with Gasteiger partial charge in [0.15, 0.2) is 0 Å². The van der Waals surface area contributed by atoms with Crippen LogP contribution in [0.25, 0.3) is 0 Å². The molecule has 0 heterocycles. The normalized spacial score (nSPS) is 9.13. The van der Waals surface area contributed by atoms with Crippen LogP contribution in [-0.4, -0.2) is 44.5 Å². The Hall–Kier alpha value is -1.18. The fraction of sp³-hybridized carbons (Fsp3) is 0.143. The number of phenolic OH excluding ortho intramolecular Hbond substituents is 1. The van der Waals surface area contributed by atoms with E-state index in [1.807, 2.05) is 0 Å². The molecular formula is C7H7N2NaO5. The Balaban J connectivity index is 0.00000196. The van der Waals surface area contributed by atoms with Gasteiger partial charge in [0.25, 0.3) is 5.75 Å².